The molecule has 2 aromatic carbocycles. The highest BCUT2D eigenvalue weighted by atomic mass is 32.2. The molecule has 0 fully saturated rings. The van der Waals surface area contributed by atoms with Crippen LogP contribution in [-0.4, -0.2) is 13.9 Å². The van der Waals surface area contributed by atoms with E-state index >= 15 is 0 Å². The topological polar surface area (TPSA) is 43.4 Å². The van der Waals surface area contributed by atoms with E-state index in [0.29, 0.717) is 28.4 Å². The summed E-state index contributed by atoms with van der Waals surface area (Å²) in [5, 5.41) is 0. The number of thioether (sulfide) groups is 1. The van der Waals surface area contributed by atoms with Gasteiger partial charge < -0.3 is 4.74 Å². The summed E-state index contributed by atoms with van der Waals surface area (Å²) in [7, 11) is -3.46. The first kappa shape index (κ1) is 16.1. The lowest BCUT2D eigenvalue weighted by atomic mass is 10.2. The van der Waals surface area contributed by atoms with E-state index in [-0.39, 0.29) is 5.44 Å². The van der Waals surface area contributed by atoms with E-state index in [1.807, 2.05) is 36.4 Å². The van der Waals surface area contributed by atoms with Gasteiger partial charge in [0.2, 0.25) is 9.84 Å². The molecule has 3 nitrogen and oxygen atoms in total. The van der Waals surface area contributed by atoms with Crippen LogP contribution in [0.3, 0.4) is 0 Å². The maximum atomic E-state index is 12.7. The predicted octanol–water partition coefficient (Wildman–Crippen LogP) is 4.62. The van der Waals surface area contributed by atoms with Gasteiger partial charge in [0.1, 0.15) is 11.2 Å². The molecule has 1 atom stereocenters. The Kier molecular flexibility index (Phi) is 4.78. The largest absolute Gasteiger partial charge is 0.483 e. The molecule has 0 amide bonds. The van der Waals surface area contributed by atoms with Crippen molar-refractivity contribution in [3.63, 3.8) is 0 Å². The molecule has 23 heavy (non-hydrogen) atoms. The van der Waals surface area contributed by atoms with E-state index in [1.165, 1.54) is 0 Å². The van der Waals surface area contributed by atoms with Crippen LogP contribution in [0.5, 0.6) is 0 Å². The second-order valence-corrected chi connectivity index (χ2v) is 8.52. The first-order valence-corrected chi connectivity index (χ1v) is 9.82. The number of benzene rings is 2. The molecular weight excluding hydrogens is 328 g/mol. The Morgan fingerprint density at radius 1 is 1.00 bits per heavy atom. The van der Waals surface area contributed by atoms with Crippen molar-refractivity contribution in [3.8, 4) is 0 Å². The lowest BCUT2D eigenvalue weighted by Gasteiger charge is -2.26. The van der Waals surface area contributed by atoms with Gasteiger partial charge in [-0.15, -0.1) is 0 Å². The maximum Gasteiger partial charge on any atom is 0.206 e. The van der Waals surface area contributed by atoms with Gasteiger partial charge in [0.15, 0.2) is 0 Å². The van der Waals surface area contributed by atoms with Crippen molar-refractivity contribution >= 4 is 21.6 Å². The third-order valence-corrected chi connectivity index (χ3v) is 6.87. The Labute approximate surface area is 141 Å². The summed E-state index contributed by atoms with van der Waals surface area (Å²) >= 11 is 1.63. The molecule has 1 heterocycles. The van der Waals surface area contributed by atoms with E-state index < -0.39 is 9.84 Å². The molecule has 0 spiro atoms. The summed E-state index contributed by atoms with van der Waals surface area (Å²) in [6.07, 6.45) is 1.19. The van der Waals surface area contributed by atoms with Crippen molar-refractivity contribution in [3.05, 3.63) is 71.3 Å². The zero-order valence-electron chi connectivity index (χ0n) is 12.8. The van der Waals surface area contributed by atoms with Crippen LogP contribution in [-0.2, 0) is 14.6 Å². The molecule has 0 N–H and O–H groups in total. The number of sulfone groups is 1. The molecule has 0 radical (unpaired) electrons. The van der Waals surface area contributed by atoms with Crippen LogP contribution < -0.4 is 0 Å². The Morgan fingerprint density at radius 2 is 1.61 bits per heavy atom. The lowest BCUT2D eigenvalue weighted by Crippen LogP contribution is -2.19. The smallest absolute Gasteiger partial charge is 0.206 e. The molecule has 1 unspecified atom stereocenters. The van der Waals surface area contributed by atoms with Crippen molar-refractivity contribution in [1.29, 1.82) is 0 Å². The third kappa shape index (κ3) is 3.62. The van der Waals surface area contributed by atoms with Gasteiger partial charge >= 0.3 is 0 Å². The molecule has 5 heteroatoms. The Hall–Kier alpha value is -1.72. The highest BCUT2D eigenvalue weighted by Crippen LogP contribution is 2.37. The highest BCUT2D eigenvalue weighted by molar-refractivity contribution is 7.99. The van der Waals surface area contributed by atoms with Crippen molar-refractivity contribution in [1.82, 2.24) is 0 Å². The first-order chi connectivity index (χ1) is 11.1. The first-order valence-electron chi connectivity index (χ1n) is 7.45. The van der Waals surface area contributed by atoms with Crippen molar-refractivity contribution in [2.45, 2.75) is 35.0 Å². The van der Waals surface area contributed by atoms with Crippen LogP contribution in [0.15, 0.2) is 81.1 Å². The minimum Gasteiger partial charge on any atom is -0.483 e. The van der Waals surface area contributed by atoms with Crippen LogP contribution in [0.25, 0.3) is 0 Å². The quantitative estimate of drug-likeness (QED) is 0.810. The molecule has 0 bridgehead atoms. The fourth-order valence-electron chi connectivity index (χ4n) is 2.55. The minimum absolute atomic E-state index is 0.0490. The van der Waals surface area contributed by atoms with E-state index in [2.05, 4.69) is 0 Å². The minimum atomic E-state index is -3.46. The predicted molar refractivity (Wildman–Crippen MR) is 92.7 cm³/mol. The highest BCUT2D eigenvalue weighted by Gasteiger charge is 2.29. The van der Waals surface area contributed by atoms with E-state index in [9.17, 15) is 8.42 Å². The number of allylic oxidation sites excluding steroid dienone is 2. The zero-order valence-corrected chi connectivity index (χ0v) is 14.4. The second-order valence-electron chi connectivity index (χ2n) is 5.31. The number of hydrogen-bond acceptors (Lipinski definition) is 4. The van der Waals surface area contributed by atoms with Crippen LogP contribution in [0.4, 0.5) is 0 Å². The van der Waals surface area contributed by atoms with Crippen molar-refractivity contribution < 1.29 is 13.2 Å². The summed E-state index contributed by atoms with van der Waals surface area (Å²) in [6, 6.07) is 18.5. The SMILES string of the molecule is CC1=C(S(=O)(=O)c2ccccc2)CCC(Sc2ccccc2)O1. The molecule has 1 aliphatic heterocycles. The normalized spacial score (nSPS) is 18.6. The van der Waals surface area contributed by atoms with E-state index in [4.69, 9.17) is 4.74 Å². The second kappa shape index (κ2) is 6.81. The molecule has 0 aromatic heterocycles. The number of hydrogen-bond donors (Lipinski definition) is 0. The number of rotatable bonds is 4. The van der Waals surface area contributed by atoms with E-state index in [0.717, 1.165) is 4.90 Å². The standard InChI is InChI=1S/C18H18O3S2/c1-14-17(23(19,20)16-10-6-3-7-11-16)12-13-18(21-14)22-15-8-4-2-5-9-15/h2-11,18H,12-13H2,1H3. The van der Waals surface area contributed by atoms with Crippen molar-refractivity contribution in [2.24, 2.45) is 0 Å². The molecule has 1 aliphatic rings. The van der Waals surface area contributed by atoms with Gasteiger partial charge in [0, 0.05) is 4.90 Å². The maximum absolute atomic E-state index is 12.7. The van der Waals surface area contributed by atoms with Gasteiger partial charge in [-0.3, -0.25) is 0 Å². The van der Waals surface area contributed by atoms with Gasteiger partial charge in [-0.25, -0.2) is 8.42 Å². The fraction of sp³-hybridized carbons (Fsp3) is 0.222. The summed E-state index contributed by atoms with van der Waals surface area (Å²) in [5.74, 6) is 0.508. The third-order valence-electron chi connectivity index (χ3n) is 3.70. The van der Waals surface area contributed by atoms with Crippen LogP contribution in [0.2, 0.25) is 0 Å². The van der Waals surface area contributed by atoms with Gasteiger partial charge in [-0.05, 0) is 44.0 Å². The molecule has 0 saturated carbocycles. The van der Waals surface area contributed by atoms with Crippen LogP contribution in [0, 0.1) is 0 Å². The fourth-order valence-corrected chi connectivity index (χ4v) is 5.21. The summed E-state index contributed by atoms with van der Waals surface area (Å²) in [4.78, 5) is 1.85. The average Bonchev–Trinajstić information content (AvgIpc) is 2.56. The van der Waals surface area contributed by atoms with Crippen molar-refractivity contribution in [2.75, 3.05) is 0 Å². The van der Waals surface area contributed by atoms with Gasteiger partial charge in [0.25, 0.3) is 0 Å². The molecule has 0 aliphatic carbocycles. The van der Waals surface area contributed by atoms with Crippen LogP contribution in [0.1, 0.15) is 19.8 Å². The van der Waals surface area contributed by atoms with Gasteiger partial charge in [0.05, 0.1) is 9.80 Å². The monoisotopic (exact) mass is 346 g/mol. The number of ether oxygens (including phenoxy) is 1. The van der Waals surface area contributed by atoms with Gasteiger partial charge in [-0.1, -0.05) is 48.2 Å². The van der Waals surface area contributed by atoms with Gasteiger partial charge in [-0.2, -0.15) is 0 Å². The molecule has 0 saturated heterocycles. The Morgan fingerprint density at radius 3 is 2.22 bits per heavy atom. The summed E-state index contributed by atoms with van der Waals surface area (Å²) in [5.41, 5.74) is -0.0490. The zero-order chi connectivity index (χ0) is 16.3. The molecular formula is C18H18O3S2. The molecule has 2 aromatic rings. The average molecular weight is 346 g/mol. The Bertz CT molecular complexity index is 797. The van der Waals surface area contributed by atoms with Crippen LogP contribution >= 0.6 is 11.8 Å². The molecule has 3 rings (SSSR count). The Balaban J connectivity index is 1.79. The molecule has 120 valence electrons. The summed E-state index contributed by atoms with van der Waals surface area (Å²) in [6.45, 7) is 1.74. The summed E-state index contributed by atoms with van der Waals surface area (Å²) < 4.78 is 31.3. The van der Waals surface area contributed by atoms with E-state index in [1.54, 1.807) is 43.0 Å². The lowest BCUT2D eigenvalue weighted by molar-refractivity contribution is 0.164.